The molecule has 1 nitrogen and oxygen atoms in total. The Hall–Kier alpha value is 0.490. The van der Waals surface area contributed by atoms with Crippen LogP contribution in [-0.2, 0) is 0 Å². The van der Waals surface area contributed by atoms with Crippen LogP contribution in [0.3, 0.4) is 0 Å². The zero-order valence-corrected chi connectivity index (χ0v) is 7.81. The standard InChI is InChI=1S/C5H5BrIN/c6-5(7)3-1-2-4-8-5/h1-4,8H. The number of hydrogen-bond donors (Lipinski definition) is 1. The van der Waals surface area contributed by atoms with Crippen molar-refractivity contribution in [1.82, 2.24) is 5.32 Å². The second-order valence-corrected chi connectivity index (χ2v) is 5.92. The van der Waals surface area contributed by atoms with Gasteiger partial charge < -0.3 is 5.32 Å². The zero-order chi connectivity index (χ0) is 6.04. The molecule has 0 saturated carbocycles. The van der Waals surface area contributed by atoms with Gasteiger partial charge in [0, 0.05) is 0 Å². The van der Waals surface area contributed by atoms with Gasteiger partial charge in [-0.25, -0.2) is 0 Å². The molecule has 0 amide bonds. The number of halogens is 2. The molecule has 3 heteroatoms. The van der Waals surface area contributed by atoms with Crippen molar-refractivity contribution in [3.63, 3.8) is 0 Å². The Labute approximate surface area is 70.5 Å². The first kappa shape index (κ1) is 6.61. The van der Waals surface area contributed by atoms with Crippen LogP contribution < -0.4 is 5.32 Å². The van der Waals surface area contributed by atoms with Gasteiger partial charge in [0.15, 0.2) is 2.45 Å². The molecule has 0 radical (unpaired) electrons. The van der Waals surface area contributed by atoms with Gasteiger partial charge in [0.25, 0.3) is 0 Å². The summed E-state index contributed by atoms with van der Waals surface area (Å²) in [4.78, 5) is 0. The minimum Gasteiger partial charge on any atom is -0.365 e. The van der Waals surface area contributed by atoms with Crippen molar-refractivity contribution in [1.29, 1.82) is 0 Å². The average molecular weight is 286 g/mol. The molecule has 0 aromatic carbocycles. The van der Waals surface area contributed by atoms with Crippen molar-refractivity contribution < 1.29 is 0 Å². The first-order valence-electron chi connectivity index (χ1n) is 2.21. The fourth-order valence-corrected chi connectivity index (χ4v) is 1.11. The van der Waals surface area contributed by atoms with Crippen LogP contribution >= 0.6 is 38.5 Å². The van der Waals surface area contributed by atoms with Gasteiger partial charge in [-0.1, -0.05) is 6.08 Å². The van der Waals surface area contributed by atoms with Crippen LogP contribution in [0.4, 0.5) is 0 Å². The quantitative estimate of drug-likeness (QED) is 0.409. The van der Waals surface area contributed by atoms with E-state index in [0.717, 1.165) is 0 Å². The van der Waals surface area contributed by atoms with Gasteiger partial charge in [0.05, 0.1) is 0 Å². The average Bonchev–Trinajstić information content (AvgIpc) is 1.65. The van der Waals surface area contributed by atoms with Crippen LogP contribution in [0, 0.1) is 0 Å². The summed E-state index contributed by atoms with van der Waals surface area (Å²) in [6.07, 6.45) is 7.89. The van der Waals surface area contributed by atoms with E-state index in [9.17, 15) is 0 Å². The summed E-state index contributed by atoms with van der Waals surface area (Å²) in [6.45, 7) is 0. The SMILES string of the molecule is BrC1(I)C=CC=CN1. The minimum absolute atomic E-state index is 0.0560. The molecule has 1 rings (SSSR count). The molecule has 1 aliphatic heterocycles. The number of hydrogen-bond acceptors (Lipinski definition) is 1. The van der Waals surface area contributed by atoms with E-state index >= 15 is 0 Å². The van der Waals surface area contributed by atoms with Crippen molar-refractivity contribution in [2.24, 2.45) is 0 Å². The molecule has 1 unspecified atom stereocenters. The third kappa shape index (κ3) is 1.78. The molecule has 44 valence electrons. The Kier molecular flexibility index (Phi) is 1.97. The monoisotopic (exact) mass is 285 g/mol. The van der Waals surface area contributed by atoms with Crippen LogP contribution in [0.25, 0.3) is 0 Å². The maximum absolute atomic E-state index is 3.43. The van der Waals surface area contributed by atoms with Gasteiger partial charge in [0.2, 0.25) is 0 Å². The lowest BCUT2D eigenvalue weighted by Gasteiger charge is -2.17. The van der Waals surface area contributed by atoms with E-state index in [4.69, 9.17) is 0 Å². The lowest BCUT2D eigenvalue weighted by Crippen LogP contribution is -2.26. The number of rotatable bonds is 0. The fourth-order valence-electron chi connectivity index (χ4n) is 0.439. The number of alkyl halides is 2. The first-order chi connectivity index (χ1) is 3.71. The predicted molar refractivity (Wildman–Crippen MR) is 47.1 cm³/mol. The third-order valence-electron chi connectivity index (χ3n) is 0.789. The Morgan fingerprint density at radius 2 is 2.25 bits per heavy atom. The van der Waals surface area contributed by atoms with Gasteiger partial charge in [0.1, 0.15) is 0 Å². The van der Waals surface area contributed by atoms with Crippen LogP contribution in [0.15, 0.2) is 24.4 Å². The first-order valence-corrected chi connectivity index (χ1v) is 4.08. The van der Waals surface area contributed by atoms with Gasteiger partial charge in [-0.05, 0) is 56.9 Å². The smallest absolute Gasteiger partial charge is 0.163 e. The van der Waals surface area contributed by atoms with E-state index in [0.29, 0.717) is 0 Å². The van der Waals surface area contributed by atoms with E-state index in [1.54, 1.807) is 0 Å². The summed E-state index contributed by atoms with van der Waals surface area (Å²) in [5.41, 5.74) is 0. The van der Waals surface area contributed by atoms with E-state index in [-0.39, 0.29) is 2.45 Å². The van der Waals surface area contributed by atoms with E-state index < -0.39 is 0 Å². The highest BCUT2D eigenvalue weighted by atomic mass is 127. The molecule has 0 spiro atoms. The molecule has 0 fully saturated rings. The summed E-state index contributed by atoms with van der Waals surface area (Å²) in [5.74, 6) is 0. The minimum atomic E-state index is -0.0560. The van der Waals surface area contributed by atoms with E-state index in [1.165, 1.54) is 0 Å². The van der Waals surface area contributed by atoms with E-state index in [1.807, 2.05) is 24.4 Å². The molecule has 0 aromatic heterocycles. The van der Waals surface area contributed by atoms with Crippen LogP contribution in [0.1, 0.15) is 0 Å². The van der Waals surface area contributed by atoms with Crippen molar-refractivity contribution in [2.75, 3.05) is 0 Å². The van der Waals surface area contributed by atoms with Crippen molar-refractivity contribution in [3.05, 3.63) is 24.4 Å². The summed E-state index contributed by atoms with van der Waals surface area (Å²) in [5, 5.41) is 3.09. The van der Waals surface area contributed by atoms with Crippen LogP contribution in [-0.4, -0.2) is 2.45 Å². The highest BCUT2D eigenvalue weighted by Gasteiger charge is 2.15. The molecule has 0 aliphatic carbocycles. The van der Waals surface area contributed by atoms with E-state index in [2.05, 4.69) is 43.8 Å². The molecule has 1 atom stereocenters. The molecular formula is C5H5BrIN. The molecular weight excluding hydrogens is 281 g/mol. The van der Waals surface area contributed by atoms with Crippen LogP contribution in [0.2, 0.25) is 0 Å². The number of allylic oxidation sites excluding steroid dienone is 2. The summed E-state index contributed by atoms with van der Waals surface area (Å²) in [7, 11) is 0. The molecule has 1 heterocycles. The zero-order valence-electron chi connectivity index (χ0n) is 4.07. The molecule has 0 bridgehead atoms. The lowest BCUT2D eigenvalue weighted by atomic mass is 10.4. The topological polar surface area (TPSA) is 12.0 Å². The maximum atomic E-state index is 3.43. The number of nitrogens with one attached hydrogen (secondary N) is 1. The van der Waals surface area contributed by atoms with Crippen molar-refractivity contribution >= 4 is 38.5 Å². The number of dihydropyridines is 1. The molecule has 1 N–H and O–H groups in total. The van der Waals surface area contributed by atoms with Gasteiger partial charge in [-0.15, -0.1) is 0 Å². The van der Waals surface area contributed by atoms with Gasteiger partial charge in [-0.3, -0.25) is 0 Å². The Morgan fingerprint density at radius 3 is 2.50 bits per heavy atom. The fraction of sp³-hybridized carbons (Fsp3) is 0.200. The molecule has 1 aliphatic rings. The van der Waals surface area contributed by atoms with Crippen molar-refractivity contribution in [3.8, 4) is 0 Å². The highest BCUT2D eigenvalue weighted by Crippen LogP contribution is 2.26. The Bertz CT molecular complexity index is 139. The highest BCUT2D eigenvalue weighted by molar-refractivity contribution is 14.1. The largest absolute Gasteiger partial charge is 0.365 e. The summed E-state index contributed by atoms with van der Waals surface area (Å²) >= 11 is 5.69. The normalized spacial score (nSPS) is 34.8. The summed E-state index contributed by atoms with van der Waals surface area (Å²) < 4.78 is -0.0560. The molecule has 8 heavy (non-hydrogen) atoms. The predicted octanol–water partition coefficient (Wildman–Crippen LogP) is 2.14. The second-order valence-electron chi connectivity index (χ2n) is 1.49. The van der Waals surface area contributed by atoms with Gasteiger partial charge >= 0.3 is 0 Å². The summed E-state index contributed by atoms with van der Waals surface area (Å²) in [6, 6.07) is 0. The van der Waals surface area contributed by atoms with Crippen LogP contribution in [0.5, 0.6) is 0 Å². The third-order valence-corrected chi connectivity index (χ3v) is 1.95. The van der Waals surface area contributed by atoms with Crippen molar-refractivity contribution in [2.45, 2.75) is 2.45 Å². The Balaban J connectivity index is 2.65. The second kappa shape index (κ2) is 2.39. The maximum Gasteiger partial charge on any atom is 0.163 e. The molecule has 0 aromatic rings. The van der Waals surface area contributed by atoms with Gasteiger partial charge in [-0.2, -0.15) is 0 Å². The lowest BCUT2D eigenvalue weighted by molar-refractivity contribution is 0.902. The Morgan fingerprint density at radius 1 is 1.50 bits per heavy atom. The molecule has 0 saturated heterocycles.